The first kappa shape index (κ1) is 18.9. The number of halogens is 1. The Kier molecular flexibility index (Phi) is 5.09. The molecule has 0 amide bonds. The Balaban J connectivity index is 1.53. The molecule has 0 unspecified atom stereocenters. The van der Waals surface area contributed by atoms with E-state index in [0.717, 1.165) is 17.9 Å². The van der Waals surface area contributed by atoms with Crippen molar-refractivity contribution in [1.29, 1.82) is 0 Å². The molecular formula is C23H26FNO3. The van der Waals surface area contributed by atoms with Gasteiger partial charge in [0.1, 0.15) is 5.75 Å². The summed E-state index contributed by atoms with van der Waals surface area (Å²) in [4.78, 5) is 15.4. The van der Waals surface area contributed by atoms with Crippen molar-refractivity contribution < 1.29 is 18.7 Å². The maximum atomic E-state index is 14.2. The first-order valence-corrected chi connectivity index (χ1v) is 10.0. The molecule has 1 heterocycles. The lowest BCUT2D eigenvalue weighted by Gasteiger charge is -2.52. The van der Waals surface area contributed by atoms with E-state index in [2.05, 4.69) is 28.8 Å². The van der Waals surface area contributed by atoms with Crippen LogP contribution in [0.1, 0.15) is 61.4 Å². The van der Waals surface area contributed by atoms with Crippen LogP contribution in [0.3, 0.4) is 0 Å². The van der Waals surface area contributed by atoms with Gasteiger partial charge in [0.15, 0.2) is 5.82 Å². The smallest absolute Gasteiger partial charge is 0.339 e. The third kappa shape index (κ3) is 3.27. The molecule has 2 bridgehead atoms. The number of benzene rings is 1. The van der Waals surface area contributed by atoms with Gasteiger partial charge in [-0.25, -0.2) is 14.2 Å². The minimum absolute atomic E-state index is 0.0551. The van der Waals surface area contributed by atoms with E-state index in [4.69, 9.17) is 4.74 Å². The summed E-state index contributed by atoms with van der Waals surface area (Å²) in [6.45, 7) is 2.42. The number of rotatable bonds is 4. The first-order valence-electron chi connectivity index (χ1n) is 10.0. The van der Waals surface area contributed by atoms with Crippen molar-refractivity contribution in [2.75, 3.05) is 7.11 Å². The molecule has 2 aromatic rings. The molecule has 0 saturated heterocycles. The molecule has 4 rings (SSSR count). The summed E-state index contributed by atoms with van der Waals surface area (Å²) in [7, 11) is 1.24. The van der Waals surface area contributed by atoms with Gasteiger partial charge >= 0.3 is 5.97 Å². The summed E-state index contributed by atoms with van der Waals surface area (Å²) in [5, 5.41) is 0. The fourth-order valence-electron chi connectivity index (χ4n) is 5.24. The number of esters is 1. The average Bonchev–Trinajstić information content (AvgIpc) is 2.69. The molecule has 1 aromatic heterocycles. The van der Waals surface area contributed by atoms with E-state index < -0.39 is 11.8 Å². The summed E-state index contributed by atoms with van der Waals surface area (Å²) in [6.07, 6.45) is 9.19. The molecular weight excluding hydrogens is 357 g/mol. The number of pyridine rings is 1. The predicted octanol–water partition coefficient (Wildman–Crippen LogP) is 5.66. The van der Waals surface area contributed by atoms with Gasteiger partial charge in [-0.15, -0.1) is 0 Å². The van der Waals surface area contributed by atoms with Crippen LogP contribution in [0.5, 0.6) is 11.6 Å². The van der Waals surface area contributed by atoms with E-state index in [0.29, 0.717) is 5.75 Å². The number of carbonyl (C=O) groups excluding carboxylic acids is 1. The number of fused-ring (bicyclic) bond motifs is 2. The average molecular weight is 383 g/mol. The quantitative estimate of drug-likeness (QED) is 0.640. The summed E-state index contributed by atoms with van der Waals surface area (Å²) < 4.78 is 24.4. The van der Waals surface area contributed by atoms with Gasteiger partial charge in [0, 0.05) is 6.20 Å². The molecule has 2 saturated carbocycles. The highest BCUT2D eigenvalue weighted by Gasteiger charge is 2.46. The minimum atomic E-state index is -0.694. The number of hydrogen-bond acceptors (Lipinski definition) is 4. The van der Waals surface area contributed by atoms with Crippen molar-refractivity contribution in [3.05, 3.63) is 53.5 Å². The fraction of sp³-hybridized carbons (Fsp3) is 0.478. The molecule has 2 aliphatic carbocycles. The van der Waals surface area contributed by atoms with Crippen LogP contribution in [0.25, 0.3) is 0 Å². The number of hydrogen-bond donors (Lipinski definition) is 0. The van der Waals surface area contributed by atoms with Crippen LogP contribution in [0.2, 0.25) is 0 Å². The highest BCUT2D eigenvalue weighted by Crippen LogP contribution is 2.54. The molecule has 0 spiro atoms. The molecule has 0 aliphatic heterocycles. The van der Waals surface area contributed by atoms with Crippen LogP contribution in [0, 0.1) is 17.7 Å². The van der Waals surface area contributed by atoms with E-state index >= 15 is 0 Å². The van der Waals surface area contributed by atoms with Gasteiger partial charge in [0.25, 0.3) is 5.88 Å². The van der Waals surface area contributed by atoms with Crippen molar-refractivity contribution in [2.24, 2.45) is 11.8 Å². The summed E-state index contributed by atoms with van der Waals surface area (Å²) in [5.74, 6) is 0.550. The van der Waals surface area contributed by atoms with E-state index in [1.165, 1.54) is 57.4 Å². The highest BCUT2D eigenvalue weighted by molar-refractivity contribution is 5.88. The van der Waals surface area contributed by atoms with Crippen molar-refractivity contribution in [1.82, 2.24) is 4.98 Å². The van der Waals surface area contributed by atoms with Crippen LogP contribution in [-0.4, -0.2) is 18.1 Å². The molecule has 2 fully saturated rings. The lowest BCUT2D eigenvalue weighted by atomic mass is 9.53. The zero-order valence-corrected chi connectivity index (χ0v) is 16.4. The van der Waals surface area contributed by atoms with E-state index in [-0.39, 0.29) is 16.9 Å². The molecule has 0 atom stereocenters. The largest absolute Gasteiger partial charge is 0.465 e. The van der Waals surface area contributed by atoms with Crippen molar-refractivity contribution in [2.45, 2.75) is 50.9 Å². The minimum Gasteiger partial charge on any atom is -0.465 e. The maximum absolute atomic E-state index is 14.2. The van der Waals surface area contributed by atoms with Gasteiger partial charge in [0.2, 0.25) is 0 Å². The second kappa shape index (κ2) is 7.53. The third-order valence-corrected chi connectivity index (χ3v) is 6.83. The zero-order chi connectivity index (χ0) is 19.7. The molecule has 4 nitrogen and oxygen atoms in total. The van der Waals surface area contributed by atoms with Crippen LogP contribution in [0.15, 0.2) is 36.5 Å². The summed E-state index contributed by atoms with van der Waals surface area (Å²) in [5.41, 5.74) is 1.63. The normalized spacial score (nSPS) is 26.5. The van der Waals surface area contributed by atoms with Crippen LogP contribution in [-0.2, 0) is 10.2 Å². The molecule has 5 heteroatoms. The van der Waals surface area contributed by atoms with Crippen LogP contribution in [0.4, 0.5) is 4.39 Å². The molecule has 2 aliphatic rings. The monoisotopic (exact) mass is 383 g/mol. The Morgan fingerprint density at radius 3 is 2.25 bits per heavy atom. The number of nitrogens with zero attached hydrogens (tertiary/aromatic N) is 1. The molecule has 148 valence electrons. The third-order valence-electron chi connectivity index (χ3n) is 6.83. The topological polar surface area (TPSA) is 48.4 Å². The fourth-order valence-corrected chi connectivity index (χ4v) is 5.24. The molecule has 28 heavy (non-hydrogen) atoms. The molecule has 1 aromatic carbocycles. The second-order valence-corrected chi connectivity index (χ2v) is 8.17. The molecule has 0 radical (unpaired) electrons. The maximum Gasteiger partial charge on any atom is 0.339 e. The van der Waals surface area contributed by atoms with Gasteiger partial charge in [0.05, 0.1) is 12.7 Å². The standard InChI is InChI=1S/C23H26FNO3/c1-23(16-5-3-6-17(23)8-4-7-16)18-9-11-19(12-10-18)28-21-20(24)13-15(14-25-21)22(26)27-2/h9-14,16-17H,3-8H2,1-2H3. The van der Waals surface area contributed by atoms with Crippen molar-refractivity contribution >= 4 is 5.97 Å². The van der Waals surface area contributed by atoms with E-state index in [1.807, 2.05) is 12.1 Å². The lowest BCUT2D eigenvalue weighted by Crippen LogP contribution is -2.45. The van der Waals surface area contributed by atoms with Gasteiger partial charge in [-0.1, -0.05) is 31.9 Å². The second-order valence-electron chi connectivity index (χ2n) is 8.17. The number of ether oxygens (including phenoxy) is 2. The van der Waals surface area contributed by atoms with Crippen LogP contribution < -0.4 is 4.74 Å². The summed E-state index contributed by atoms with van der Waals surface area (Å²) >= 11 is 0. The Labute approximate surface area is 165 Å². The molecule has 0 N–H and O–H groups in total. The first-order chi connectivity index (χ1) is 13.5. The van der Waals surface area contributed by atoms with Crippen LogP contribution >= 0.6 is 0 Å². The van der Waals surface area contributed by atoms with Gasteiger partial charge in [-0.2, -0.15) is 0 Å². The summed E-state index contributed by atoms with van der Waals surface area (Å²) in [6, 6.07) is 9.09. The lowest BCUT2D eigenvalue weighted by molar-refractivity contribution is 0.0599. The Bertz CT molecular complexity index is 843. The van der Waals surface area contributed by atoms with Gasteiger partial charge in [-0.3, -0.25) is 0 Å². The number of methoxy groups -OCH3 is 1. The Hall–Kier alpha value is -2.43. The highest BCUT2D eigenvalue weighted by atomic mass is 19.1. The van der Waals surface area contributed by atoms with Crippen molar-refractivity contribution in [3.63, 3.8) is 0 Å². The SMILES string of the molecule is COC(=O)c1cnc(Oc2ccc(C3(C)C4CCCC3CCC4)cc2)c(F)c1. The number of carbonyl (C=O) groups is 1. The Morgan fingerprint density at radius 1 is 1.11 bits per heavy atom. The van der Waals surface area contributed by atoms with Gasteiger partial charge < -0.3 is 9.47 Å². The Morgan fingerprint density at radius 2 is 1.71 bits per heavy atom. The predicted molar refractivity (Wildman–Crippen MR) is 104 cm³/mol. The van der Waals surface area contributed by atoms with Crippen molar-refractivity contribution in [3.8, 4) is 11.6 Å². The van der Waals surface area contributed by atoms with Gasteiger partial charge in [-0.05, 0) is 66.7 Å². The van der Waals surface area contributed by atoms with E-state index in [1.54, 1.807) is 0 Å². The van der Waals surface area contributed by atoms with E-state index in [9.17, 15) is 9.18 Å². The zero-order valence-electron chi connectivity index (χ0n) is 16.4. The number of aromatic nitrogens is 1.